The van der Waals surface area contributed by atoms with Crippen molar-refractivity contribution >= 4 is 22.6 Å². The number of carbonyl (C=O) groups is 1. The number of aromatic nitrogens is 1. The molecule has 0 spiro atoms. The van der Waals surface area contributed by atoms with Crippen LogP contribution in [0.1, 0.15) is 58.5 Å². The molecule has 0 fully saturated rings. The van der Waals surface area contributed by atoms with Gasteiger partial charge in [0.15, 0.2) is 5.13 Å². The molecule has 3 N–H and O–H groups in total. The second-order valence-corrected chi connectivity index (χ2v) is 6.14. The molecule has 1 aromatic heterocycles. The summed E-state index contributed by atoms with van der Waals surface area (Å²) in [6.45, 7) is 12.0. The Bertz CT molecular complexity index is 411. The lowest BCUT2D eigenvalue weighted by molar-refractivity contribution is 0.0524. The van der Waals surface area contributed by atoms with E-state index in [1.54, 1.807) is 0 Å². The molecule has 0 radical (unpaired) electrons. The minimum Gasteiger partial charge on any atom is -0.444 e. The summed E-state index contributed by atoms with van der Waals surface area (Å²) in [7, 11) is 0. The van der Waals surface area contributed by atoms with Gasteiger partial charge in [-0.15, -0.1) is 11.3 Å². The molecular weight excluding hydrogens is 274 g/mol. The summed E-state index contributed by atoms with van der Waals surface area (Å²) < 4.78 is 5.17. The molecule has 1 rings (SSSR count). The molecule has 1 amide bonds. The molecule has 0 saturated carbocycles. The van der Waals surface area contributed by atoms with E-state index >= 15 is 0 Å². The summed E-state index contributed by atoms with van der Waals surface area (Å²) in [6.07, 6.45) is 1.46. The minimum atomic E-state index is -0.483. The van der Waals surface area contributed by atoms with Crippen molar-refractivity contribution in [3.05, 3.63) is 10.6 Å². The van der Waals surface area contributed by atoms with Gasteiger partial charge >= 0.3 is 6.09 Å². The van der Waals surface area contributed by atoms with E-state index in [2.05, 4.69) is 17.2 Å². The van der Waals surface area contributed by atoms with Gasteiger partial charge in [0.25, 0.3) is 0 Å². The number of nitrogen functional groups attached to an aromatic ring is 1. The third-order valence-corrected chi connectivity index (χ3v) is 3.00. The van der Waals surface area contributed by atoms with Crippen LogP contribution in [0, 0.1) is 0 Å². The molecule has 5 nitrogen and oxygen atoms in total. The fraction of sp³-hybridized carbons (Fsp3) is 0.714. The van der Waals surface area contributed by atoms with Crippen LogP contribution in [0.2, 0.25) is 0 Å². The number of nitrogens with zero attached hydrogens (tertiary/aromatic N) is 1. The molecule has 0 aliphatic heterocycles. The maximum Gasteiger partial charge on any atom is 0.407 e. The number of hydrogen-bond donors (Lipinski definition) is 2. The normalized spacial score (nSPS) is 10.5. The van der Waals surface area contributed by atoms with Crippen molar-refractivity contribution in [3.8, 4) is 0 Å². The zero-order chi connectivity index (χ0) is 15.8. The monoisotopic (exact) mass is 301 g/mol. The Hall–Kier alpha value is -1.30. The van der Waals surface area contributed by atoms with E-state index in [4.69, 9.17) is 10.5 Å². The Kier molecular flexibility index (Phi) is 8.22. The summed E-state index contributed by atoms with van der Waals surface area (Å²) >= 11 is 1.41. The van der Waals surface area contributed by atoms with E-state index in [9.17, 15) is 4.79 Å². The van der Waals surface area contributed by atoms with Crippen LogP contribution in [0.15, 0.2) is 0 Å². The first-order valence-electron chi connectivity index (χ1n) is 7.02. The van der Waals surface area contributed by atoms with E-state index in [1.165, 1.54) is 11.3 Å². The van der Waals surface area contributed by atoms with Crippen LogP contribution in [0.25, 0.3) is 0 Å². The van der Waals surface area contributed by atoms with Crippen molar-refractivity contribution in [1.29, 1.82) is 0 Å². The third kappa shape index (κ3) is 7.33. The predicted molar refractivity (Wildman–Crippen MR) is 84.9 cm³/mol. The fourth-order valence-electron chi connectivity index (χ4n) is 1.44. The van der Waals surface area contributed by atoms with E-state index in [-0.39, 0.29) is 0 Å². The number of hydrogen-bond acceptors (Lipinski definition) is 5. The van der Waals surface area contributed by atoms with Crippen LogP contribution >= 0.6 is 11.3 Å². The molecule has 0 bridgehead atoms. The number of amides is 1. The molecule has 116 valence electrons. The second kappa shape index (κ2) is 8.79. The largest absolute Gasteiger partial charge is 0.444 e. The van der Waals surface area contributed by atoms with Crippen molar-refractivity contribution in [3.63, 3.8) is 0 Å². The highest BCUT2D eigenvalue weighted by atomic mass is 32.1. The van der Waals surface area contributed by atoms with E-state index in [0.29, 0.717) is 11.7 Å². The quantitative estimate of drug-likeness (QED) is 0.888. The molecule has 1 heterocycles. The molecule has 1 aromatic rings. The first-order valence-corrected chi connectivity index (χ1v) is 7.84. The van der Waals surface area contributed by atoms with Crippen molar-refractivity contribution in [2.75, 3.05) is 5.73 Å². The van der Waals surface area contributed by atoms with Gasteiger partial charge in [0.05, 0.1) is 12.2 Å². The Morgan fingerprint density at radius 2 is 2.00 bits per heavy atom. The molecule has 6 heteroatoms. The first-order chi connectivity index (χ1) is 9.31. The number of nitrogens with two attached hydrogens (primary N) is 1. The number of rotatable bonds is 4. The molecule has 0 aliphatic carbocycles. The highest BCUT2D eigenvalue weighted by molar-refractivity contribution is 7.15. The zero-order valence-corrected chi connectivity index (χ0v) is 14.2. The van der Waals surface area contributed by atoms with E-state index in [1.807, 2.05) is 34.6 Å². The summed E-state index contributed by atoms with van der Waals surface area (Å²) in [5, 5.41) is 3.26. The molecular formula is C14H27N3O2S. The number of nitrogens with one attached hydrogen (secondary N) is 1. The van der Waals surface area contributed by atoms with Gasteiger partial charge in [0.1, 0.15) is 5.60 Å². The molecule has 0 saturated heterocycles. The summed E-state index contributed by atoms with van der Waals surface area (Å²) in [6, 6.07) is 0. The Morgan fingerprint density at radius 1 is 1.40 bits per heavy atom. The number of ether oxygens (including phenoxy) is 1. The van der Waals surface area contributed by atoms with Gasteiger partial charge in [0, 0.05) is 4.88 Å². The van der Waals surface area contributed by atoms with Crippen LogP contribution in [0.4, 0.5) is 9.93 Å². The van der Waals surface area contributed by atoms with Gasteiger partial charge in [-0.2, -0.15) is 0 Å². The van der Waals surface area contributed by atoms with Crippen molar-refractivity contribution in [2.24, 2.45) is 0 Å². The first kappa shape index (κ1) is 18.7. The van der Waals surface area contributed by atoms with E-state index in [0.717, 1.165) is 23.4 Å². The molecule has 0 aromatic carbocycles. The molecule has 0 atom stereocenters. The SMILES string of the molecule is CC.CCCc1nc(N)sc1CNC(=O)OC(C)(C)C. The van der Waals surface area contributed by atoms with Crippen LogP contribution in [-0.2, 0) is 17.7 Å². The van der Waals surface area contributed by atoms with Crippen LogP contribution in [0.5, 0.6) is 0 Å². The number of aryl methyl sites for hydroxylation is 1. The smallest absolute Gasteiger partial charge is 0.407 e. The van der Waals surface area contributed by atoms with Crippen LogP contribution < -0.4 is 11.1 Å². The number of alkyl carbamates (subject to hydrolysis) is 1. The minimum absolute atomic E-state index is 0.416. The maximum atomic E-state index is 11.5. The lowest BCUT2D eigenvalue weighted by Crippen LogP contribution is -2.32. The topological polar surface area (TPSA) is 77.2 Å². The fourth-order valence-corrected chi connectivity index (χ4v) is 2.26. The van der Waals surface area contributed by atoms with Crippen LogP contribution in [-0.4, -0.2) is 16.7 Å². The van der Waals surface area contributed by atoms with Gasteiger partial charge in [-0.1, -0.05) is 27.2 Å². The summed E-state index contributed by atoms with van der Waals surface area (Å²) in [5.41, 5.74) is 6.17. The van der Waals surface area contributed by atoms with Gasteiger partial charge in [0.2, 0.25) is 0 Å². The third-order valence-electron chi connectivity index (χ3n) is 2.07. The zero-order valence-electron chi connectivity index (χ0n) is 13.4. The van der Waals surface area contributed by atoms with Crippen molar-refractivity contribution < 1.29 is 9.53 Å². The average molecular weight is 301 g/mol. The van der Waals surface area contributed by atoms with Gasteiger partial charge in [-0.3, -0.25) is 0 Å². The maximum absolute atomic E-state index is 11.5. The molecule has 0 aliphatic rings. The van der Waals surface area contributed by atoms with Crippen molar-refractivity contribution in [2.45, 2.75) is 66.5 Å². The van der Waals surface area contributed by atoms with Crippen LogP contribution in [0.3, 0.4) is 0 Å². The highest BCUT2D eigenvalue weighted by Crippen LogP contribution is 2.21. The van der Waals surface area contributed by atoms with Crippen molar-refractivity contribution in [1.82, 2.24) is 10.3 Å². The summed E-state index contributed by atoms with van der Waals surface area (Å²) in [5.74, 6) is 0. The Morgan fingerprint density at radius 3 is 2.50 bits per heavy atom. The van der Waals surface area contributed by atoms with Gasteiger partial charge < -0.3 is 15.8 Å². The molecule has 20 heavy (non-hydrogen) atoms. The average Bonchev–Trinajstić information content (AvgIpc) is 2.68. The predicted octanol–water partition coefficient (Wildman–Crippen LogP) is 3.73. The number of anilines is 1. The van der Waals surface area contributed by atoms with Gasteiger partial charge in [-0.05, 0) is 27.2 Å². The lowest BCUT2D eigenvalue weighted by atomic mass is 10.2. The Balaban J connectivity index is 0.00000172. The second-order valence-electron chi connectivity index (χ2n) is 5.03. The highest BCUT2D eigenvalue weighted by Gasteiger charge is 2.17. The summed E-state index contributed by atoms with van der Waals surface area (Å²) in [4.78, 5) is 16.8. The lowest BCUT2D eigenvalue weighted by Gasteiger charge is -2.19. The van der Waals surface area contributed by atoms with Gasteiger partial charge in [-0.25, -0.2) is 9.78 Å². The Labute approximate surface area is 125 Å². The number of thiazole rings is 1. The number of carbonyl (C=O) groups excluding carboxylic acids is 1. The molecule has 0 unspecified atom stereocenters. The standard InChI is InChI=1S/C12H21N3O2S.C2H6/c1-5-6-8-9(18-10(13)15-8)7-14-11(16)17-12(2,3)4;1-2/h5-7H2,1-4H3,(H2,13,15)(H,14,16);1-2H3. The van der Waals surface area contributed by atoms with E-state index < -0.39 is 11.7 Å².